The van der Waals surface area contributed by atoms with Crippen LogP contribution in [-0.2, 0) is 24.6 Å². The SMILES string of the molecule is Cn1cc(C(=O)N2CCN(C(=O)Cn3cnnn3)CC2)c(C(F)(F)F)n1. The van der Waals surface area contributed by atoms with Crippen LogP contribution in [0, 0.1) is 0 Å². The molecule has 0 spiro atoms. The first kappa shape index (κ1) is 17.8. The van der Waals surface area contributed by atoms with Crippen LogP contribution >= 0.6 is 0 Å². The second kappa shape index (κ2) is 6.72. The molecule has 1 aliphatic heterocycles. The Kier molecular flexibility index (Phi) is 4.61. The Hall–Kier alpha value is -2.99. The highest BCUT2D eigenvalue weighted by Gasteiger charge is 2.40. The lowest BCUT2D eigenvalue weighted by atomic mass is 10.2. The maximum Gasteiger partial charge on any atom is 0.435 e. The van der Waals surface area contributed by atoms with Gasteiger partial charge in [-0.2, -0.15) is 18.3 Å². The van der Waals surface area contributed by atoms with Crippen molar-refractivity contribution >= 4 is 11.8 Å². The molecule has 0 unspecified atom stereocenters. The van der Waals surface area contributed by atoms with E-state index in [1.807, 2.05) is 0 Å². The molecule has 2 aromatic rings. The van der Waals surface area contributed by atoms with Gasteiger partial charge < -0.3 is 9.80 Å². The van der Waals surface area contributed by atoms with Gasteiger partial charge in [0.05, 0.1) is 5.56 Å². The first-order chi connectivity index (χ1) is 12.3. The topological polar surface area (TPSA) is 102 Å². The van der Waals surface area contributed by atoms with Gasteiger partial charge in [0.2, 0.25) is 5.91 Å². The summed E-state index contributed by atoms with van der Waals surface area (Å²) in [5, 5.41) is 13.8. The predicted molar refractivity (Wildman–Crippen MR) is 78.5 cm³/mol. The minimum atomic E-state index is -4.71. The molecule has 3 rings (SSSR count). The van der Waals surface area contributed by atoms with Crippen LogP contribution in [0.15, 0.2) is 12.5 Å². The van der Waals surface area contributed by atoms with Crippen molar-refractivity contribution in [1.29, 1.82) is 0 Å². The fourth-order valence-corrected chi connectivity index (χ4v) is 2.67. The molecule has 0 saturated carbocycles. The van der Waals surface area contributed by atoms with E-state index in [1.165, 1.54) is 27.9 Å². The quantitative estimate of drug-likeness (QED) is 0.714. The average molecular weight is 372 g/mol. The minimum Gasteiger partial charge on any atom is -0.338 e. The van der Waals surface area contributed by atoms with Crippen molar-refractivity contribution in [2.24, 2.45) is 7.05 Å². The van der Waals surface area contributed by atoms with Gasteiger partial charge in [0.1, 0.15) is 12.9 Å². The molecule has 2 amide bonds. The number of alkyl halides is 3. The molecule has 10 nitrogen and oxygen atoms in total. The van der Waals surface area contributed by atoms with E-state index in [4.69, 9.17) is 0 Å². The number of nitrogens with zero attached hydrogens (tertiary/aromatic N) is 8. The van der Waals surface area contributed by atoms with Crippen LogP contribution in [-0.4, -0.2) is 77.8 Å². The van der Waals surface area contributed by atoms with Crippen LogP contribution in [0.5, 0.6) is 0 Å². The molecule has 3 heterocycles. The second-order valence-corrected chi connectivity index (χ2v) is 5.74. The Bertz CT molecular complexity index is 793. The van der Waals surface area contributed by atoms with Crippen molar-refractivity contribution in [3.8, 4) is 0 Å². The number of rotatable bonds is 3. The smallest absolute Gasteiger partial charge is 0.338 e. The Balaban J connectivity index is 1.63. The van der Waals surface area contributed by atoms with Crippen LogP contribution in [0.25, 0.3) is 0 Å². The summed E-state index contributed by atoms with van der Waals surface area (Å²) in [4.78, 5) is 27.4. The summed E-state index contributed by atoms with van der Waals surface area (Å²) in [5.41, 5.74) is -1.70. The zero-order chi connectivity index (χ0) is 18.9. The summed E-state index contributed by atoms with van der Waals surface area (Å²) in [6, 6.07) is 0. The zero-order valence-electron chi connectivity index (χ0n) is 13.7. The van der Waals surface area contributed by atoms with E-state index in [-0.39, 0.29) is 38.6 Å². The monoisotopic (exact) mass is 372 g/mol. The zero-order valence-corrected chi connectivity index (χ0v) is 13.7. The van der Waals surface area contributed by atoms with Crippen molar-refractivity contribution in [3.63, 3.8) is 0 Å². The predicted octanol–water partition coefficient (Wildman–Crippen LogP) is -0.590. The molecule has 1 fully saturated rings. The molecule has 26 heavy (non-hydrogen) atoms. The standard InChI is InChI=1S/C13H15F3N8O2/c1-21-6-9(11(18-21)13(14,15)16)12(26)23-4-2-22(3-5-23)10(25)7-24-8-17-19-20-24/h6,8H,2-5,7H2,1H3. The van der Waals surface area contributed by atoms with E-state index in [9.17, 15) is 22.8 Å². The van der Waals surface area contributed by atoms with E-state index in [0.29, 0.717) is 0 Å². The van der Waals surface area contributed by atoms with E-state index in [1.54, 1.807) is 0 Å². The van der Waals surface area contributed by atoms with Gasteiger partial charge >= 0.3 is 6.18 Å². The van der Waals surface area contributed by atoms with Crippen molar-refractivity contribution in [1.82, 2.24) is 39.8 Å². The minimum absolute atomic E-state index is 0.0399. The summed E-state index contributed by atoms with van der Waals surface area (Å²) in [7, 11) is 1.32. The molecule has 0 aromatic carbocycles. The van der Waals surface area contributed by atoms with Crippen molar-refractivity contribution in [2.45, 2.75) is 12.7 Å². The third kappa shape index (κ3) is 3.65. The van der Waals surface area contributed by atoms with Crippen LogP contribution in [0.4, 0.5) is 13.2 Å². The van der Waals surface area contributed by atoms with E-state index in [0.717, 1.165) is 10.9 Å². The van der Waals surface area contributed by atoms with Gasteiger partial charge in [-0.3, -0.25) is 14.3 Å². The fraction of sp³-hybridized carbons (Fsp3) is 0.538. The normalized spacial score (nSPS) is 15.4. The van der Waals surface area contributed by atoms with Gasteiger partial charge in [0.25, 0.3) is 5.91 Å². The number of carbonyl (C=O) groups is 2. The first-order valence-electron chi connectivity index (χ1n) is 7.64. The van der Waals surface area contributed by atoms with Gasteiger partial charge in [-0.1, -0.05) is 0 Å². The Morgan fingerprint density at radius 1 is 1.15 bits per heavy atom. The van der Waals surface area contributed by atoms with Crippen LogP contribution in [0.3, 0.4) is 0 Å². The highest BCUT2D eigenvalue weighted by atomic mass is 19.4. The number of halogens is 3. The van der Waals surface area contributed by atoms with Crippen molar-refractivity contribution in [3.05, 3.63) is 23.8 Å². The molecule has 13 heteroatoms. The molecule has 140 valence electrons. The first-order valence-corrected chi connectivity index (χ1v) is 7.64. The van der Waals surface area contributed by atoms with Crippen LogP contribution < -0.4 is 0 Å². The molecule has 0 radical (unpaired) electrons. The number of hydrogen-bond acceptors (Lipinski definition) is 6. The molecule has 0 atom stereocenters. The lowest BCUT2D eigenvalue weighted by Crippen LogP contribution is -2.51. The molecular weight excluding hydrogens is 357 g/mol. The molecule has 0 bridgehead atoms. The third-order valence-corrected chi connectivity index (χ3v) is 3.94. The maximum absolute atomic E-state index is 13.0. The van der Waals surface area contributed by atoms with E-state index < -0.39 is 23.3 Å². The van der Waals surface area contributed by atoms with Gasteiger partial charge in [-0.05, 0) is 10.4 Å². The Labute approximate surface area is 145 Å². The van der Waals surface area contributed by atoms with Gasteiger partial charge in [-0.15, -0.1) is 5.10 Å². The average Bonchev–Trinajstić information content (AvgIpc) is 3.23. The second-order valence-electron chi connectivity index (χ2n) is 5.74. The lowest BCUT2D eigenvalue weighted by molar-refractivity contribution is -0.141. The fourth-order valence-electron chi connectivity index (χ4n) is 2.67. The summed E-state index contributed by atoms with van der Waals surface area (Å²) in [6.07, 6.45) is -2.35. The maximum atomic E-state index is 13.0. The molecule has 2 aromatic heterocycles. The summed E-state index contributed by atoms with van der Waals surface area (Å²) in [5.74, 6) is -0.986. The van der Waals surface area contributed by atoms with Gasteiger partial charge in [-0.25, -0.2) is 4.68 Å². The number of amides is 2. The number of hydrogen-bond donors (Lipinski definition) is 0. The molecule has 1 aliphatic rings. The molecule has 1 saturated heterocycles. The van der Waals surface area contributed by atoms with Gasteiger partial charge in [0, 0.05) is 39.4 Å². The Morgan fingerprint density at radius 2 is 1.81 bits per heavy atom. The number of carbonyl (C=O) groups excluding carboxylic acids is 2. The van der Waals surface area contributed by atoms with Gasteiger partial charge in [0.15, 0.2) is 5.69 Å². The van der Waals surface area contributed by atoms with Crippen LogP contribution in [0.1, 0.15) is 16.1 Å². The lowest BCUT2D eigenvalue weighted by Gasteiger charge is -2.34. The van der Waals surface area contributed by atoms with Crippen molar-refractivity contribution in [2.75, 3.05) is 26.2 Å². The van der Waals surface area contributed by atoms with Crippen LogP contribution in [0.2, 0.25) is 0 Å². The molecule has 0 N–H and O–H groups in total. The van der Waals surface area contributed by atoms with Crippen molar-refractivity contribution < 1.29 is 22.8 Å². The number of aromatic nitrogens is 6. The molecule has 0 aliphatic carbocycles. The Morgan fingerprint density at radius 3 is 2.38 bits per heavy atom. The number of aryl methyl sites for hydroxylation is 1. The summed E-state index contributed by atoms with van der Waals surface area (Å²) in [6.45, 7) is 0.656. The summed E-state index contributed by atoms with van der Waals surface area (Å²) < 4.78 is 41.3. The number of piperazine rings is 1. The highest BCUT2D eigenvalue weighted by molar-refractivity contribution is 5.95. The van der Waals surface area contributed by atoms with E-state index in [2.05, 4.69) is 20.6 Å². The largest absolute Gasteiger partial charge is 0.435 e. The third-order valence-electron chi connectivity index (χ3n) is 3.94. The van der Waals surface area contributed by atoms with E-state index >= 15 is 0 Å². The molecular formula is C13H15F3N8O2. The summed E-state index contributed by atoms with van der Waals surface area (Å²) >= 11 is 0. The highest BCUT2D eigenvalue weighted by Crippen LogP contribution is 2.31. The number of tetrazole rings is 1.